The van der Waals surface area contributed by atoms with Crippen molar-refractivity contribution in [1.82, 2.24) is 4.57 Å². The van der Waals surface area contributed by atoms with E-state index in [-0.39, 0.29) is 17.2 Å². The zero-order valence-corrected chi connectivity index (χ0v) is 19.2. The van der Waals surface area contributed by atoms with E-state index in [0.29, 0.717) is 29.2 Å². The van der Waals surface area contributed by atoms with Gasteiger partial charge in [-0.05, 0) is 54.3 Å². The van der Waals surface area contributed by atoms with Crippen molar-refractivity contribution >= 4 is 38.2 Å². The number of hydrogen-bond acceptors (Lipinski definition) is 4. The molecular weight excluding hydrogens is 438 g/mol. The average molecular weight is 464 g/mol. The van der Waals surface area contributed by atoms with Gasteiger partial charge < -0.3 is 14.6 Å². The van der Waals surface area contributed by atoms with Crippen LogP contribution in [0.5, 0.6) is 5.75 Å². The third kappa shape index (κ3) is 5.01. The zero-order chi connectivity index (χ0) is 23.4. The van der Waals surface area contributed by atoms with Crippen LogP contribution < -0.4 is 14.8 Å². The number of hydrogen-bond donors (Lipinski definition) is 2. The van der Waals surface area contributed by atoms with Crippen molar-refractivity contribution in [2.24, 2.45) is 0 Å². The predicted molar refractivity (Wildman–Crippen MR) is 130 cm³/mol. The summed E-state index contributed by atoms with van der Waals surface area (Å²) < 4.78 is 35.9. The molecule has 1 amide bonds. The predicted octanol–water partition coefficient (Wildman–Crippen LogP) is 4.79. The number of benzene rings is 3. The van der Waals surface area contributed by atoms with E-state index in [4.69, 9.17) is 4.74 Å². The van der Waals surface area contributed by atoms with Gasteiger partial charge in [-0.3, -0.25) is 9.52 Å². The van der Waals surface area contributed by atoms with Crippen molar-refractivity contribution in [2.75, 3.05) is 17.1 Å². The van der Waals surface area contributed by atoms with Crippen LogP contribution in [0.25, 0.3) is 10.9 Å². The van der Waals surface area contributed by atoms with Crippen LogP contribution in [0.3, 0.4) is 0 Å². The highest BCUT2D eigenvalue weighted by Crippen LogP contribution is 2.28. The first-order chi connectivity index (χ1) is 15.9. The Labute approximate surface area is 193 Å². The number of aryl methyl sites for hydroxylation is 2. The largest absolute Gasteiger partial charge is 0.495 e. The number of sulfonamides is 1. The monoisotopic (exact) mass is 463 g/mol. The molecule has 0 saturated carbocycles. The Morgan fingerprint density at radius 1 is 1.00 bits per heavy atom. The molecule has 0 aliphatic rings. The number of methoxy groups -OCH3 is 1. The minimum absolute atomic E-state index is 0.0857. The van der Waals surface area contributed by atoms with Gasteiger partial charge in [0.05, 0.1) is 17.7 Å². The lowest BCUT2D eigenvalue weighted by Gasteiger charge is -2.14. The molecule has 7 nitrogen and oxygen atoms in total. The Bertz CT molecular complexity index is 1410. The molecule has 2 N–H and O–H groups in total. The molecule has 4 aromatic rings. The minimum Gasteiger partial charge on any atom is -0.495 e. The smallest absolute Gasteiger partial charge is 0.262 e. The van der Waals surface area contributed by atoms with Crippen LogP contribution in [0.1, 0.15) is 12.0 Å². The number of nitrogens with zero attached hydrogens (tertiary/aromatic N) is 1. The number of nitrogens with one attached hydrogen (secondary N) is 2. The van der Waals surface area contributed by atoms with Gasteiger partial charge >= 0.3 is 0 Å². The molecule has 0 atom stereocenters. The molecule has 0 fully saturated rings. The Balaban J connectivity index is 1.47. The summed E-state index contributed by atoms with van der Waals surface area (Å²) in [6, 6.07) is 21.6. The lowest BCUT2D eigenvalue weighted by Crippen LogP contribution is -2.17. The van der Waals surface area contributed by atoms with E-state index in [1.54, 1.807) is 43.3 Å². The molecule has 0 aliphatic carbocycles. The standard InChI is InChI=1S/C25H25N3O4S/c1-18-11-12-20(17-24(18)33(30,31)27-21-8-4-6-10-23(21)32-2)26-25(29)14-16-28-15-13-19-7-3-5-9-22(19)28/h3-13,15,17,27H,14,16H2,1-2H3,(H,26,29). The molecule has 1 heterocycles. The number of ether oxygens (including phenoxy) is 1. The number of carbonyl (C=O) groups excluding carboxylic acids is 1. The van der Waals surface area contributed by atoms with Gasteiger partial charge in [-0.15, -0.1) is 0 Å². The van der Waals surface area contributed by atoms with E-state index in [0.717, 1.165) is 10.9 Å². The van der Waals surface area contributed by atoms with Crippen LogP contribution in [0.2, 0.25) is 0 Å². The maximum Gasteiger partial charge on any atom is 0.262 e. The summed E-state index contributed by atoms with van der Waals surface area (Å²) in [4.78, 5) is 12.6. The van der Waals surface area contributed by atoms with Crippen molar-refractivity contribution in [1.29, 1.82) is 0 Å². The molecule has 0 unspecified atom stereocenters. The molecule has 0 radical (unpaired) electrons. The minimum atomic E-state index is -3.89. The molecule has 1 aromatic heterocycles. The van der Waals surface area contributed by atoms with E-state index in [9.17, 15) is 13.2 Å². The molecule has 0 aliphatic heterocycles. The van der Waals surface area contributed by atoms with E-state index >= 15 is 0 Å². The van der Waals surface area contributed by atoms with Crippen LogP contribution in [0, 0.1) is 6.92 Å². The average Bonchev–Trinajstić information content (AvgIpc) is 3.22. The van der Waals surface area contributed by atoms with Crippen LogP contribution in [0.15, 0.2) is 83.9 Å². The van der Waals surface area contributed by atoms with Gasteiger partial charge in [0, 0.05) is 30.4 Å². The second kappa shape index (κ2) is 9.38. The fourth-order valence-electron chi connectivity index (χ4n) is 3.68. The molecular formula is C25H25N3O4S. The van der Waals surface area contributed by atoms with Crippen molar-refractivity contribution < 1.29 is 17.9 Å². The van der Waals surface area contributed by atoms with Crippen molar-refractivity contribution in [3.63, 3.8) is 0 Å². The number of amides is 1. The normalized spacial score (nSPS) is 11.3. The molecule has 4 rings (SSSR count). The summed E-state index contributed by atoms with van der Waals surface area (Å²) in [5, 5.41) is 3.93. The third-order valence-corrected chi connectivity index (χ3v) is 6.88. The lowest BCUT2D eigenvalue weighted by atomic mass is 10.2. The number of aromatic nitrogens is 1. The first kappa shape index (κ1) is 22.4. The number of para-hydroxylation sites is 3. The summed E-state index contributed by atoms with van der Waals surface area (Å²) in [7, 11) is -2.42. The van der Waals surface area contributed by atoms with E-state index in [2.05, 4.69) is 10.0 Å². The summed E-state index contributed by atoms with van der Waals surface area (Å²) in [5.41, 5.74) is 2.39. The molecule has 0 spiro atoms. The van der Waals surface area contributed by atoms with E-state index in [1.807, 2.05) is 41.1 Å². The van der Waals surface area contributed by atoms with Gasteiger partial charge in [-0.1, -0.05) is 36.4 Å². The van der Waals surface area contributed by atoms with Crippen LogP contribution in [-0.2, 0) is 21.4 Å². The van der Waals surface area contributed by atoms with Gasteiger partial charge in [-0.25, -0.2) is 8.42 Å². The highest BCUT2D eigenvalue weighted by atomic mass is 32.2. The summed E-state index contributed by atoms with van der Waals surface area (Å²) in [6.45, 7) is 2.23. The Morgan fingerprint density at radius 2 is 1.76 bits per heavy atom. The van der Waals surface area contributed by atoms with Crippen molar-refractivity contribution in [3.05, 3.63) is 84.6 Å². The topological polar surface area (TPSA) is 89.4 Å². The van der Waals surface area contributed by atoms with Crippen molar-refractivity contribution in [2.45, 2.75) is 24.8 Å². The zero-order valence-electron chi connectivity index (χ0n) is 18.4. The summed E-state index contributed by atoms with van der Waals surface area (Å²) >= 11 is 0. The number of anilines is 2. The highest BCUT2D eigenvalue weighted by molar-refractivity contribution is 7.92. The fraction of sp³-hybridized carbons (Fsp3) is 0.160. The third-order valence-electron chi connectivity index (χ3n) is 5.37. The quantitative estimate of drug-likeness (QED) is 0.393. The van der Waals surface area contributed by atoms with Crippen LogP contribution in [0.4, 0.5) is 11.4 Å². The number of carbonyl (C=O) groups is 1. The molecule has 8 heteroatoms. The van der Waals surface area contributed by atoms with E-state index < -0.39 is 10.0 Å². The Hall–Kier alpha value is -3.78. The second-order valence-electron chi connectivity index (χ2n) is 7.65. The molecule has 0 bridgehead atoms. The van der Waals surface area contributed by atoms with Gasteiger partial charge in [-0.2, -0.15) is 0 Å². The lowest BCUT2D eigenvalue weighted by molar-refractivity contribution is -0.116. The molecule has 33 heavy (non-hydrogen) atoms. The van der Waals surface area contributed by atoms with Crippen LogP contribution in [-0.4, -0.2) is 26.0 Å². The van der Waals surface area contributed by atoms with Crippen LogP contribution >= 0.6 is 0 Å². The Kier molecular flexibility index (Phi) is 6.37. The number of fused-ring (bicyclic) bond motifs is 1. The van der Waals surface area contributed by atoms with Gasteiger partial charge in [0.15, 0.2) is 0 Å². The Morgan fingerprint density at radius 3 is 2.58 bits per heavy atom. The van der Waals surface area contributed by atoms with E-state index in [1.165, 1.54) is 13.2 Å². The SMILES string of the molecule is COc1ccccc1NS(=O)(=O)c1cc(NC(=O)CCn2ccc3ccccc32)ccc1C. The summed E-state index contributed by atoms with van der Waals surface area (Å²) in [6.07, 6.45) is 2.21. The summed E-state index contributed by atoms with van der Waals surface area (Å²) in [5.74, 6) is 0.221. The van der Waals surface area contributed by atoms with Gasteiger partial charge in [0.2, 0.25) is 5.91 Å². The number of rotatable bonds is 8. The maximum absolute atomic E-state index is 13.1. The first-order valence-corrected chi connectivity index (χ1v) is 12.0. The molecule has 0 saturated heterocycles. The molecule has 3 aromatic carbocycles. The fourth-order valence-corrected chi connectivity index (χ4v) is 5.02. The van der Waals surface area contributed by atoms with Gasteiger partial charge in [0.1, 0.15) is 5.75 Å². The highest BCUT2D eigenvalue weighted by Gasteiger charge is 2.20. The molecule has 170 valence electrons. The second-order valence-corrected chi connectivity index (χ2v) is 9.30. The van der Waals surface area contributed by atoms with Gasteiger partial charge in [0.25, 0.3) is 10.0 Å². The maximum atomic E-state index is 13.1. The van der Waals surface area contributed by atoms with Crippen molar-refractivity contribution in [3.8, 4) is 5.75 Å². The first-order valence-electron chi connectivity index (χ1n) is 10.5.